The van der Waals surface area contributed by atoms with Crippen LogP contribution in [0.5, 0.6) is 5.75 Å². The van der Waals surface area contributed by atoms with Gasteiger partial charge in [-0.25, -0.2) is 4.39 Å². The first kappa shape index (κ1) is 12.4. The molecule has 0 aliphatic heterocycles. The Morgan fingerprint density at radius 1 is 0.650 bits per heavy atom. The Kier molecular flexibility index (Phi) is 3.21. The molecule has 0 aliphatic carbocycles. The molecule has 98 valence electrons. The van der Waals surface area contributed by atoms with Crippen molar-refractivity contribution in [1.82, 2.24) is 0 Å². The number of aromatic hydroxyl groups is 1. The molecule has 0 radical (unpaired) electrons. The average molecular weight is 264 g/mol. The number of phenols is 1. The summed E-state index contributed by atoms with van der Waals surface area (Å²) in [6.07, 6.45) is 0. The van der Waals surface area contributed by atoms with Gasteiger partial charge in [0.1, 0.15) is 11.6 Å². The van der Waals surface area contributed by atoms with Crippen molar-refractivity contribution in [3.63, 3.8) is 0 Å². The third-order valence-electron chi connectivity index (χ3n) is 3.25. The van der Waals surface area contributed by atoms with Gasteiger partial charge in [0, 0.05) is 5.56 Å². The van der Waals surface area contributed by atoms with Gasteiger partial charge in [0.2, 0.25) is 0 Å². The Bertz CT molecular complexity index is 718. The highest BCUT2D eigenvalue weighted by molar-refractivity contribution is 5.73. The van der Waals surface area contributed by atoms with E-state index in [1.165, 1.54) is 6.07 Å². The molecule has 0 amide bonds. The Morgan fingerprint density at radius 2 is 1.30 bits per heavy atom. The second-order valence-electron chi connectivity index (χ2n) is 4.61. The van der Waals surface area contributed by atoms with Crippen LogP contribution in [0.15, 0.2) is 72.8 Å². The molecule has 0 aromatic heterocycles. The van der Waals surface area contributed by atoms with E-state index in [9.17, 15) is 9.50 Å². The Morgan fingerprint density at radius 3 is 2.00 bits per heavy atom. The number of hydrogen-bond donors (Lipinski definition) is 1. The smallest absolute Gasteiger partial charge is 0.131 e. The minimum atomic E-state index is -0.268. The van der Waals surface area contributed by atoms with Gasteiger partial charge < -0.3 is 5.11 Å². The molecule has 0 bridgehead atoms. The molecule has 0 fully saturated rings. The summed E-state index contributed by atoms with van der Waals surface area (Å²) in [6.45, 7) is 0. The molecule has 1 nitrogen and oxygen atoms in total. The third-order valence-corrected chi connectivity index (χ3v) is 3.25. The molecule has 0 aliphatic rings. The van der Waals surface area contributed by atoms with E-state index in [1.54, 1.807) is 30.3 Å². The first-order valence-corrected chi connectivity index (χ1v) is 6.38. The Labute approximate surface area is 117 Å². The van der Waals surface area contributed by atoms with E-state index in [2.05, 4.69) is 0 Å². The summed E-state index contributed by atoms with van der Waals surface area (Å²) in [5.41, 5.74) is 3.30. The topological polar surface area (TPSA) is 20.2 Å². The van der Waals surface area contributed by atoms with Gasteiger partial charge >= 0.3 is 0 Å². The highest BCUT2D eigenvalue weighted by atomic mass is 19.1. The second-order valence-corrected chi connectivity index (χ2v) is 4.61. The molecule has 0 unspecified atom stereocenters. The number of rotatable bonds is 2. The summed E-state index contributed by atoms with van der Waals surface area (Å²) >= 11 is 0. The van der Waals surface area contributed by atoms with Crippen LogP contribution in [0.25, 0.3) is 22.3 Å². The van der Waals surface area contributed by atoms with E-state index in [0.29, 0.717) is 5.56 Å². The number of hydrogen-bond acceptors (Lipinski definition) is 1. The Hall–Kier alpha value is -2.61. The minimum Gasteiger partial charge on any atom is -0.508 e. The van der Waals surface area contributed by atoms with E-state index in [0.717, 1.165) is 16.7 Å². The zero-order valence-electron chi connectivity index (χ0n) is 10.8. The van der Waals surface area contributed by atoms with Crippen LogP contribution in [-0.2, 0) is 0 Å². The molecule has 2 heteroatoms. The van der Waals surface area contributed by atoms with E-state index in [-0.39, 0.29) is 11.6 Å². The van der Waals surface area contributed by atoms with Gasteiger partial charge in [-0.2, -0.15) is 0 Å². The van der Waals surface area contributed by atoms with E-state index >= 15 is 0 Å². The van der Waals surface area contributed by atoms with E-state index < -0.39 is 0 Å². The number of phenolic OH excluding ortho intramolecular Hbond substituents is 1. The van der Waals surface area contributed by atoms with Crippen molar-refractivity contribution >= 4 is 0 Å². The standard InChI is InChI=1S/C18H13FO/c19-18-11-8-15(13-4-2-1-3-5-13)12-17(18)14-6-9-16(20)10-7-14/h1-12,20H. The maximum atomic E-state index is 14.0. The first-order valence-electron chi connectivity index (χ1n) is 6.38. The molecule has 20 heavy (non-hydrogen) atoms. The monoisotopic (exact) mass is 264 g/mol. The second kappa shape index (κ2) is 5.17. The van der Waals surface area contributed by atoms with Gasteiger partial charge in [-0.05, 0) is 41.0 Å². The van der Waals surface area contributed by atoms with Gasteiger partial charge in [-0.3, -0.25) is 0 Å². The summed E-state index contributed by atoms with van der Waals surface area (Å²) in [5.74, 6) is -0.0938. The molecule has 0 spiro atoms. The van der Waals surface area contributed by atoms with Crippen LogP contribution in [0.4, 0.5) is 4.39 Å². The van der Waals surface area contributed by atoms with Gasteiger partial charge in [0.25, 0.3) is 0 Å². The zero-order valence-corrected chi connectivity index (χ0v) is 10.8. The molecule has 0 heterocycles. The lowest BCUT2D eigenvalue weighted by Gasteiger charge is -2.08. The maximum absolute atomic E-state index is 14.0. The quantitative estimate of drug-likeness (QED) is 0.700. The zero-order chi connectivity index (χ0) is 13.9. The summed E-state index contributed by atoms with van der Waals surface area (Å²) in [5, 5.41) is 9.31. The van der Waals surface area contributed by atoms with Crippen molar-refractivity contribution < 1.29 is 9.50 Å². The van der Waals surface area contributed by atoms with Crippen LogP contribution in [0.2, 0.25) is 0 Å². The van der Waals surface area contributed by atoms with Crippen LogP contribution in [0.1, 0.15) is 0 Å². The molecule has 3 rings (SSSR count). The largest absolute Gasteiger partial charge is 0.508 e. The fraction of sp³-hybridized carbons (Fsp3) is 0. The van der Waals surface area contributed by atoms with Crippen LogP contribution in [-0.4, -0.2) is 5.11 Å². The molecule has 0 atom stereocenters. The maximum Gasteiger partial charge on any atom is 0.131 e. The fourth-order valence-electron chi connectivity index (χ4n) is 2.20. The Balaban J connectivity index is 2.10. The van der Waals surface area contributed by atoms with Crippen molar-refractivity contribution in [3.8, 4) is 28.0 Å². The van der Waals surface area contributed by atoms with E-state index in [1.807, 2.05) is 36.4 Å². The summed E-state index contributed by atoms with van der Waals surface area (Å²) in [6, 6.07) is 21.5. The van der Waals surface area contributed by atoms with Crippen molar-refractivity contribution in [1.29, 1.82) is 0 Å². The van der Waals surface area contributed by atoms with Gasteiger partial charge in [-0.15, -0.1) is 0 Å². The number of benzene rings is 3. The fourth-order valence-corrected chi connectivity index (χ4v) is 2.20. The minimum absolute atomic E-state index is 0.174. The van der Waals surface area contributed by atoms with E-state index in [4.69, 9.17) is 0 Å². The van der Waals surface area contributed by atoms with Crippen molar-refractivity contribution in [2.75, 3.05) is 0 Å². The van der Waals surface area contributed by atoms with Crippen molar-refractivity contribution in [3.05, 3.63) is 78.6 Å². The lowest BCUT2D eigenvalue weighted by atomic mass is 9.98. The van der Waals surface area contributed by atoms with Crippen LogP contribution < -0.4 is 0 Å². The molecule has 0 saturated heterocycles. The molecular weight excluding hydrogens is 251 g/mol. The summed E-state index contributed by atoms with van der Waals surface area (Å²) < 4.78 is 14.0. The van der Waals surface area contributed by atoms with Crippen LogP contribution in [0.3, 0.4) is 0 Å². The predicted molar refractivity (Wildman–Crippen MR) is 78.9 cm³/mol. The lowest BCUT2D eigenvalue weighted by molar-refractivity contribution is 0.475. The normalized spacial score (nSPS) is 10.4. The summed E-state index contributed by atoms with van der Waals surface area (Å²) in [4.78, 5) is 0. The molecule has 1 N–H and O–H groups in total. The average Bonchev–Trinajstić information content (AvgIpc) is 2.50. The highest BCUT2D eigenvalue weighted by Gasteiger charge is 2.07. The van der Waals surface area contributed by atoms with Gasteiger partial charge in [0.05, 0.1) is 0 Å². The summed E-state index contributed by atoms with van der Waals surface area (Å²) in [7, 11) is 0. The van der Waals surface area contributed by atoms with Crippen molar-refractivity contribution in [2.24, 2.45) is 0 Å². The molecule has 3 aromatic carbocycles. The highest BCUT2D eigenvalue weighted by Crippen LogP contribution is 2.29. The first-order chi connectivity index (χ1) is 9.74. The predicted octanol–water partition coefficient (Wildman–Crippen LogP) is 4.87. The van der Waals surface area contributed by atoms with Crippen molar-refractivity contribution in [2.45, 2.75) is 0 Å². The van der Waals surface area contributed by atoms with Gasteiger partial charge in [-0.1, -0.05) is 48.5 Å². The third kappa shape index (κ3) is 2.41. The van der Waals surface area contributed by atoms with Gasteiger partial charge in [0.15, 0.2) is 0 Å². The van der Waals surface area contributed by atoms with Crippen LogP contribution >= 0.6 is 0 Å². The molecule has 0 saturated carbocycles. The molecule has 3 aromatic rings. The number of halogens is 1. The molecular formula is C18H13FO. The lowest BCUT2D eigenvalue weighted by Crippen LogP contribution is -1.86. The van der Waals surface area contributed by atoms with Crippen LogP contribution in [0, 0.1) is 5.82 Å². The SMILES string of the molecule is Oc1ccc(-c2cc(-c3ccccc3)ccc2F)cc1.